The van der Waals surface area contributed by atoms with Gasteiger partial charge in [-0.1, -0.05) is 0 Å². The molecular formula is C12H14F3N3O2. The van der Waals surface area contributed by atoms with Gasteiger partial charge in [0.15, 0.2) is 0 Å². The van der Waals surface area contributed by atoms with Crippen LogP contribution in [0.2, 0.25) is 0 Å². The van der Waals surface area contributed by atoms with E-state index in [0.717, 1.165) is 0 Å². The van der Waals surface area contributed by atoms with Gasteiger partial charge in [-0.25, -0.2) is 4.98 Å². The lowest BCUT2D eigenvalue weighted by molar-refractivity contribution is -0.163. The van der Waals surface area contributed by atoms with Crippen molar-refractivity contribution in [3.8, 4) is 5.88 Å². The summed E-state index contributed by atoms with van der Waals surface area (Å²) in [5.74, 6) is -0.604. The smallest absolute Gasteiger partial charge is 0.397 e. The van der Waals surface area contributed by atoms with Crippen LogP contribution in [0.4, 0.5) is 13.2 Å². The maximum atomic E-state index is 12.2. The van der Waals surface area contributed by atoms with Gasteiger partial charge in [0, 0.05) is 18.9 Å². The van der Waals surface area contributed by atoms with Gasteiger partial charge in [-0.05, 0) is 12.8 Å². The van der Waals surface area contributed by atoms with Gasteiger partial charge in [0.1, 0.15) is 12.5 Å². The molecule has 0 radical (unpaired) electrons. The molecule has 2 rings (SSSR count). The van der Waals surface area contributed by atoms with E-state index in [1.165, 1.54) is 23.5 Å². The van der Waals surface area contributed by atoms with E-state index in [1.807, 2.05) is 0 Å². The Hall–Kier alpha value is -1.86. The number of alkyl halides is 3. The molecule has 1 saturated heterocycles. The zero-order valence-corrected chi connectivity index (χ0v) is 10.6. The Bertz CT molecular complexity index is 453. The molecule has 1 aliphatic heterocycles. The van der Waals surface area contributed by atoms with Crippen molar-refractivity contribution >= 4 is 5.91 Å². The highest BCUT2D eigenvalue weighted by Gasteiger charge is 2.35. The van der Waals surface area contributed by atoms with Crippen molar-refractivity contribution in [3.05, 3.63) is 18.6 Å². The number of nitrogens with zero attached hydrogens (tertiary/aromatic N) is 3. The molecule has 0 N–H and O–H groups in total. The first kappa shape index (κ1) is 14.5. The number of hydrogen-bond donors (Lipinski definition) is 0. The van der Waals surface area contributed by atoms with E-state index < -0.39 is 18.5 Å². The van der Waals surface area contributed by atoms with Crippen LogP contribution in [-0.4, -0.2) is 46.1 Å². The second kappa shape index (κ2) is 6.06. The average molecular weight is 289 g/mol. The Kier molecular flexibility index (Phi) is 4.41. The zero-order valence-electron chi connectivity index (χ0n) is 10.6. The lowest BCUT2D eigenvalue weighted by Gasteiger charge is -2.32. The number of ether oxygens (including phenoxy) is 1. The minimum absolute atomic E-state index is 0.144. The Morgan fingerprint density at radius 2 is 2.25 bits per heavy atom. The number of hydrogen-bond acceptors (Lipinski definition) is 4. The normalized spacial score (nSPS) is 19.8. The number of rotatable bonds is 3. The topological polar surface area (TPSA) is 55.3 Å². The number of amides is 1. The second-order valence-corrected chi connectivity index (χ2v) is 4.56. The number of likely N-dealkylation sites (tertiary alicyclic amines) is 1. The first-order chi connectivity index (χ1) is 9.44. The van der Waals surface area contributed by atoms with E-state index >= 15 is 0 Å². The Morgan fingerprint density at radius 3 is 2.90 bits per heavy atom. The van der Waals surface area contributed by atoms with Gasteiger partial charge in [0.05, 0.1) is 12.7 Å². The fourth-order valence-corrected chi connectivity index (χ4v) is 2.06. The molecule has 1 fully saturated rings. The molecule has 20 heavy (non-hydrogen) atoms. The van der Waals surface area contributed by atoms with Gasteiger partial charge < -0.3 is 9.64 Å². The van der Waals surface area contributed by atoms with Crippen molar-refractivity contribution in [2.24, 2.45) is 0 Å². The van der Waals surface area contributed by atoms with Gasteiger partial charge in [0.2, 0.25) is 11.8 Å². The molecule has 0 aromatic carbocycles. The van der Waals surface area contributed by atoms with E-state index in [4.69, 9.17) is 4.74 Å². The number of carbonyl (C=O) groups is 1. The summed E-state index contributed by atoms with van der Waals surface area (Å²) in [5, 5.41) is 0. The summed E-state index contributed by atoms with van der Waals surface area (Å²) in [7, 11) is 0. The molecule has 1 aliphatic rings. The van der Waals surface area contributed by atoms with E-state index in [-0.39, 0.29) is 12.6 Å². The highest BCUT2D eigenvalue weighted by Crippen LogP contribution is 2.23. The third-order valence-corrected chi connectivity index (χ3v) is 2.91. The van der Waals surface area contributed by atoms with Crippen LogP contribution in [0, 0.1) is 0 Å². The lowest BCUT2D eigenvalue weighted by Crippen LogP contribution is -2.45. The van der Waals surface area contributed by atoms with Crippen molar-refractivity contribution in [2.45, 2.75) is 31.5 Å². The van der Waals surface area contributed by atoms with Gasteiger partial charge in [-0.3, -0.25) is 9.78 Å². The van der Waals surface area contributed by atoms with Crippen LogP contribution < -0.4 is 4.74 Å². The molecule has 110 valence electrons. The highest BCUT2D eigenvalue weighted by molar-refractivity contribution is 5.77. The predicted octanol–water partition coefficient (Wildman–Crippen LogP) is 1.80. The molecular weight excluding hydrogens is 275 g/mol. The molecule has 1 aromatic heterocycles. The van der Waals surface area contributed by atoms with Crippen LogP contribution in [0.5, 0.6) is 5.88 Å². The highest BCUT2D eigenvalue weighted by atomic mass is 19.4. The fraction of sp³-hybridized carbons (Fsp3) is 0.583. The summed E-state index contributed by atoms with van der Waals surface area (Å²) < 4.78 is 42.1. The van der Waals surface area contributed by atoms with Gasteiger partial charge in [-0.2, -0.15) is 13.2 Å². The molecule has 1 aromatic rings. The molecule has 1 atom stereocenters. The van der Waals surface area contributed by atoms with Crippen LogP contribution in [0.1, 0.15) is 19.3 Å². The average Bonchev–Trinajstić information content (AvgIpc) is 2.38. The van der Waals surface area contributed by atoms with Crippen molar-refractivity contribution in [1.82, 2.24) is 14.9 Å². The Labute approximate surface area is 113 Å². The third-order valence-electron chi connectivity index (χ3n) is 2.91. The molecule has 2 heterocycles. The summed E-state index contributed by atoms with van der Waals surface area (Å²) >= 11 is 0. The Morgan fingerprint density at radius 1 is 1.45 bits per heavy atom. The van der Waals surface area contributed by atoms with Crippen molar-refractivity contribution in [2.75, 3.05) is 13.1 Å². The van der Waals surface area contributed by atoms with E-state index in [1.54, 1.807) is 0 Å². The van der Waals surface area contributed by atoms with Gasteiger partial charge >= 0.3 is 6.18 Å². The molecule has 0 bridgehead atoms. The monoisotopic (exact) mass is 289 g/mol. The van der Waals surface area contributed by atoms with Crippen LogP contribution >= 0.6 is 0 Å². The quantitative estimate of drug-likeness (QED) is 0.851. The van der Waals surface area contributed by atoms with Crippen LogP contribution in [0.25, 0.3) is 0 Å². The molecule has 8 heteroatoms. The zero-order chi connectivity index (χ0) is 14.6. The standard InChI is InChI=1S/C12H14F3N3O2/c13-12(14,15)6-11(19)18-5-1-2-9(8-18)20-10-7-16-3-4-17-10/h3-4,7,9H,1-2,5-6,8H2. The second-order valence-electron chi connectivity index (χ2n) is 4.56. The molecule has 0 saturated carbocycles. The molecule has 0 aliphatic carbocycles. The number of carbonyl (C=O) groups excluding carboxylic acids is 1. The van der Waals surface area contributed by atoms with Crippen molar-refractivity contribution < 1.29 is 22.7 Å². The lowest BCUT2D eigenvalue weighted by atomic mass is 10.1. The van der Waals surface area contributed by atoms with E-state index in [2.05, 4.69) is 9.97 Å². The third kappa shape index (κ3) is 4.36. The van der Waals surface area contributed by atoms with Gasteiger partial charge in [0.25, 0.3) is 0 Å². The van der Waals surface area contributed by atoms with Crippen LogP contribution in [0.15, 0.2) is 18.6 Å². The van der Waals surface area contributed by atoms with Gasteiger partial charge in [-0.15, -0.1) is 0 Å². The molecule has 1 unspecified atom stereocenters. The predicted molar refractivity (Wildman–Crippen MR) is 62.9 cm³/mol. The number of piperidine rings is 1. The maximum Gasteiger partial charge on any atom is 0.397 e. The van der Waals surface area contributed by atoms with Crippen LogP contribution in [0.3, 0.4) is 0 Å². The summed E-state index contributed by atoms with van der Waals surface area (Å²) in [6, 6.07) is 0. The molecule has 1 amide bonds. The number of aromatic nitrogens is 2. The SMILES string of the molecule is O=C(CC(F)(F)F)N1CCCC(Oc2cnccn2)C1. The maximum absolute atomic E-state index is 12.2. The fourth-order valence-electron chi connectivity index (χ4n) is 2.06. The number of halogens is 3. The van der Waals surface area contributed by atoms with Crippen molar-refractivity contribution in [3.63, 3.8) is 0 Å². The summed E-state index contributed by atoms with van der Waals surface area (Å²) in [6.07, 6.45) is -0.590. The molecule has 5 nitrogen and oxygen atoms in total. The van der Waals surface area contributed by atoms with E-state index in [0.29, 0.717) is 25.3 Å². The Balaban J connectivity index is 1.90. The van der Waals surface area contributed by atoms with Crippen molar-refractivity contribution in [1.29, 1.82) is 0 Å². The summed E-state index contributed by atoms with van der Waals surface area (Å²) in [5.41, 5.74) is 0. The molecule has 0 spiro atoms. The van der Waals surface area contributed by atoms with Crippen LogP contribution in [-0.2, 0) is 4.79 Å². The summed E-state index contributed by atoms with van der Waals surface area (Å²) in [6.45, 7) is 0.473. The summed E-state index contributed by atoms with van der Waals surface area (Å²) in [4.78, 5) is 20.5. The minimum Gasteiger partial charge on any atom is -0.471 e. The largest absolute Gasteiger partial charge is 0.471 e. The first-order valence-electron chi connectivity index (χ1n) is 6.21. The minimum atomic E-state index is -4.48. The van der Waals surface area contributed by atoms with E-state index in [9.17, 15) is 18.0 Å². The first-order valence-corrected chi connectivity index (χ1v) is 6.21.